The summed E-state index contributed by atoms with van der Waals surface area (Å²) in [6.45, 7) is 8.20. The van der Waals surface area contributed by atoms with Crippen LogP contribution in [0.2, 0.25) is 0 Å². The van der Waals surface area contributed by atoms with E-state index in [1.165, 1.54) is 6.42 Å². The maximum absolute atomic E-state index is 12.6. The van der Waals surface area contributed by atoms with Gasteiger partial charge in [0.15, 0.2) is 0 Å². The Balaban J connectivity index is 2.65. The van der Waals surface area contributed by atoms with Crippen LogP contribution in [0.15, 0.2) is 0 Å². The number of rotatable bonds is 6. The van der Waals surface area contributed by atoms with Crippen molar-refractivity contribution in [3.8, 4) is 0 Å². The Morgan fingerprint density at radius 2 is 1.68 bits per heavy atom. The van der Waals surface area contributed by atoms with Crippen LogP contribution >= 0.6 is 0 Å². The van der Waals surface area contributed by atoms with Gasteiger partial charge in [0, 0.05) is 5.92 Å². The fourth-order valence-electron chi connectivity index (χ4n) is 3.06. The predicted molar refractivity (Wildman–Crippen MR) is 75.7 cm³/mol. The number of carbonyl (C=O) groups excluding carboxylic acids is 2. The van der Waals surface area contributed by atoms with Gasteiger partial charge in [0.05, 0.1) is 6.61 Å². The van der Waals surface area contributed by atoms with E-state index < -0.39 is 5.92 Å². The van der Waals surface area contributed by atoms with E-state index in [4.69, 9.17) is 4.74 Å². The Labute approximate surface area is 117 Å². The highest BCUT2D eigenvalue weighted by molar-refractivity contribution is 6.00. The fraction of sp³-hybridized carbons (Fsp3) is 0.875. The summed E-state index contributed by atoms with van der Waals surface area (Å²) in [6.07, 6.45) is 5.34. The van der Waals surface area contributed by atoms with Gasteiger partial charge < -0.3 is 4.74 Å². The Hall–Kier alpha value is -0.860. The van der Waals surface area contributed by atoms with Gasteiger partial charge in [-0.1, -0.05) is 27.2 Å². The molecule has 0 N–H and O–H groups in total. The molecule has 1 aliphatic rings. The lowest BCUT2D eigenvalue weighted by Gasteiger charge is -2.29. The Kier molecular flexibility index (Phi) is 6.53. The fourth-order valence-corrected chi connectivity index (χ4v) is 3.06. The molecule has 110 valence electrons. The highest BCUT2D eigenvalue weighted by Gasteiger charge is 2.37. The zero-order valence-electron chi connectivity index (χ0n) is 12.8. The van der Waals surface area contributed by atoms with Crippen LogP contribution in [0.3, 0.4) is 0 Å². The number of carbonyl (C=O) groups is 2. The van der Waals surface area contributed by atoms with Crippen molar-refractivity contribution in [3.63, 3.8) is 0 Å². The number of ether oxygens (including phenoxy) is 1. The van der Waals surface area contributed by atoms with Crippen molar-refractivity contribution in [2.24, 2.45) is 23.7 Å². The Morgan fingerprint density at radius 3 is 2.11 bits per heavy atom. The van der Waals surface area contributed by atoms with Crippen LogP contribution in [0, 0.1) is 23.7 Å². The molecular formula is C16H28O3. The highest BCUT2D eigenvalue weighted by Crippen LogP contribution is 2.33. The molecule has 0 aromatic rings. The number of hydrogen-bond acceptors (Lipinski definition) is 3. The molecule has 3 nitrogen and oxygen atoms in total. The van der Waals surface area contributed by atoms with Crippen LogP contribution in [0.4, 0.5) is 0 Å². The van der Waals surface area contributed by atoms with E-state index in [-0.39, 0.29) is 23.6 Å². The minimum absolute atomic E-state index is 0.0236. The molecule has 1 aliphatic carbocycles. The van der Waals surface area contributed by atoms with E-state index in [2.05, 4.69) is 6.92 Å². The summed E-state index contributed by atoms with van der Waals surface area (Å²) in [5.74, 6) is 0.0745. The number of ketones is 1. The molecule has 0 bridgehead atoms. The van der Waals surface area contributed by atoms with Crippen LogP contribution < -0.4 is 0 Å². The van der Waals surface area contributed by atoms with Crippen molar-refractivity contribution in [2.45, 2.75) is 59.8 Å². The second-order valence-corrected chi connectivity index (χ2v) is 6.00. The smallest absolute Gasteiger partial charge is 0.316 e. The summed E-state index contributed by atoms with van der Waals surface area (Å²) >= 11 is 0. The average Bonchev–Trinajstić information content (AvgIpc) is 2.38. The quantitative estimate of drug-likeness (QED) is 0.546. The van der Waals surface area contributed by atoms with E-state index in [0.29, 0.717) is 6.61 Å². The third-order valence-electron chi connectivity index (χ3n) is 4.34. The van der Waals surface area contributed by atoms with Crippen LogP contribution in [0.1, 0.15) is 59.8 Å². The van der Waals surface area contributed by atoms with Crippen LogP contribution in [-0.2, 0) is 14.3 Å². The van der Waals surface area contributed by atoms with Gasteiger partial charge in [0.1, 0.15) is 11.7 Å². The molecule has 0 aromatic heterocycles. The maximum atomic E-state index is 12.6. The van der Waals surface area contributed by atoms with Crippen molar-refractivity contribution in [1.29, 1.82) is 0 Å². The summed E-state index contributed by atoms with van der Waals surface area (Å²) in [5, 5.41) is 0. The first-order chi connectivity index (χ1) is 9.01. The van der Waals surface area contributed by atoms with Crippen molar-refractivity contribution in [1.82, 2.24) is 0 Å². The summed E-state index contributed by atoms with van der Waals surface area (Å²) < 4.78 is 5.06. The first kappa shape index (κ1) is 16.2. The van der Waals surface area contributed by atoms with Gasteiger partial charge in [0.2, 0.25) is 0 Å². The van der Waals surface area contributed by atoms with E-state index in [1.807, 2.05) is 13.8 Å². The first-order valence-electron chi connectivity index (χ1n) is 7.71. The highest BCUT2D eigenvalue weighted by atomic mass is 16.5. The van der Waals surface area contributed by atoms with Crippen LogP contribution in [-0.4, -0.2) is 18.4 Å². The Bertz CT molecular complexity index is 301. The van der Waals surface area contributed by atoms with Gasteiger partial charge >= 0.3 is 5.97 Å². The Morgan fingerprint density at radius 1 is 1.11 bits per heavy atom. The third kappa shape index (κ3) is 4.32. The molecule has 0 amide bonds. The van der Waals surface area contributed by atoms with E-state index in [9.17, 15) is 9.59 Å². The van der Waals surface area contributed by atoms with Gasteiger partial charge in [-0.2, -0.15) is 0 Å². The maximum Gasteiger partial charge on any atom is 0.316 e. The lowest BCUT2D eigenvalue weighted by atomic mass is 9.74. The van der Waals surface area contributed by atoms with Crippen LogP contribution in [0.25, 0.3) is 0 Å². The molecule has 0 spiro atoms. The second kappa shape index (κ2) is 7.66. The van der Waals surface area contributed by atoms with E-state index in [0.717, 1.165) is 31.6 Å². The minimum atomic E-state index is -0.567. The monoisotopic (exact) mass is 268 g/mol. The molecule has 1 fully saturated rings. The van der Waals surface area contributed by atoms with E-state index >= 15 is 0 Å². The van der Waals surface area contributed by atoms with Crippen molar-refractivity contribution < 1.29 is 14.3 Å². The number of esters is 1. The molecule has 0 radical (unpaired) electrons. The molecule has 0 aliphatic heterocycles. The molecule has 19 heavy (non-hydrogen) atoms. The number of hydrogen-bond donors (Lipinski definition) is 0. The predicted octanol–water partition coefficient (Wildman–Crippen LogP) is 3.61. The van der Waals surface area contributed by atoms with Gasteiger partial charge in [-0.05, 0) is 44.4 Å². The van der Waals surface area contributed by atoms with Crippen molar-refractivity contribution in [3.05, 3.63) is 0 Å². The van der Waals surface area contributed by atoms with E-state index in [1.54, 1.807) is 6.92 Å². The van der Waals surface area contributed by atoms with Gasteiger partial charge in [-0.25, -0.2) is 0 Å². The number of Topliss-reactive ketones (excluding diaryl/α,β-unsaturated/α-hetero) is 1. The molecule has 1 unspecified atom stereocenters. The third-order valence-corrected chi connectivity index (χ3v) is 4.34. The topological polar surface area (TPSA) is 43.4 Å². The summed E-state index contributed by atoms with van der Waals surface area (Å²) in [7, 11) is 0. The molecule has 0 heterocycles. The standard InChI is InChI=1S/C16H28O3/c1-5-12-7-9-13(10-8-12)15(17)14(11(3)4)16(18)19-6-2/h11-14H,5-10H2,1-4H3. The summed E-state index contributed by atoms with van der Waals surface area (Å²) in [5.41, 5.74) is 0. The summed E-state index contributed by atoms with van der Waals surface area (Å²) in [6, 6.07) is 0. The first-order valence-corrected chi connectivity index (χ1v) is 7.71. The minimum Gasteiger partial charge on any atom is -0.465 e. The second-order valence-electron chi connectivity index (χ2n) is 6.00. The zero-order chi connectivity index (χ0) is 14.4. The van der Waals surface area contributed by atoms with Gasteiger partial charge in [-0.15, -0.1) is 0 Å². The average molecular weight is 268 g/mol. The van der Waals surface area contributed by atoms with Gasteiger partial charge in [-0.3, -0.25) is 9.59 Å². The summed E-state index contributed by atoms with van der Waals surface area (Å²) in [4.78, 5) is 24.5. The molecule has 0 aromatic carbocycles. The molecule has 0 saturated heterocycles. The lowest BCUT2D eigenvalue weighted by Crippen LogP contribution is -2.36. The normalized spacial score (nSPS) is 25.1. The van der Waals surface area contributed by atoms with Crippen LogP contribution in [0.5, 0.6) is 0 Å². The molecular weight excluding hydrogens is 240 g/mol. The van der Waals surface area contributed by atoms with Gasteiger partial charge in [0.25, 0.3) is 0 Å². The molecule has 3 heteroatoms. The largest absolute Gasteiger partial charge is 0.465 e. The van der Waals surface area contributed by atoms with Crippen molar-refractivity contribution in [2.75, 3.05) is 6.61 Å². The SMILES string of the molecule is CCOC(=O)C(C(=O)C1CCC(CC)CC1)C(C)C. The molecule has 1 saturated carbocycles. The lowest BCUT2D eigenvalue weighted by molar-refractivity contribution is -0.154. The zero-order valence-corrected chi connectivity index (χ0v) is 12.8. The molecule has 1 atom stereocenters. The van der Waals surface area contributed by atoms with Crippen molar-refractivity contribution >= 4 is 11.8 Å². The molecule has 1 rings (SSSR count).